The monoisotopic (exact) mass is 413 g/mol. The van der Waals surface area contributed by atoms with E-state index in [4.69, 9.17) is 4.74 Å². The van der Waals surface area contributed by atoms with Gasteiger partial charge in [-0.1, -0.05) is 91.0 Å². The fourth-order valence-corrected chi connectivity index (χ4v) is 4.01. The molecule has 1 saturated heterocycles. The van der Waals surface area contributed by atoms with Gasteiger partial charge in [0.15, 0.2) is 5.78 Å². The topological polar surface area (TPSA) is 63.7 Å². The molecule has 3 atom stereocenters. The SMILES string of the molecule is C[C@H]1[C@@H](c2ccccc2)OC(=O)N1C(=O)C[C@@H](C(=O)c1ccccc1)c1ccccc1. The van der Waals surface area contributed by atoms with Gasteiger partial charge in [-0.25, -0.2) is 9.69 Å². The molecule has 0 saturated carbocycles. The lowest BCUT2D eigenvalue weighted by Gasteiger charge is -2.22. The van der Waals surface area contributed by atoms with Crippen molar-refractivity contribution in [3.63, 3.8) is 0 Å². The molecule has 5 nitrogen and oxygen atoms in total. The van der Waals surface area contributed by atoms with Crippen LogP contribution in [0.25, 0.3) is 0 Å². The summed E-state index contributed by atoms with van der Waals surface area (Å²) in [5.74, 6) is -1.26. The average molecular weight is 413 g/mol. The predicted octanol–water partition coefficient (Wildman–Crippen LogP) is 5.15. The van der Waals surface area contributed by atoms with E-state index < -0.39 is 30.1 Å². The largest absolute Gasteiger partial charge is 0.439 e. The van der Waals surface area contributed by atoms with Crippen LogP contribution in [0.4, 0.5) is 4.79 Å². The smallest absolute Gasteiger partial charge is 0.417 e. The Kier molecular flexibility index (Phi) is 5.94. The lowest BCUT2D eigenvalue weighted by atomic mass is 9.87. The Morgan fingerprint density at radius 2 is 1.42 bits per heavy atom. The van der Waals surface area contributed by atoms with Gasteiger partial charge >= 0.3 is 6.09 Å². The summed E-state index contributed by atoms with van der Waals surface area (Å²) in [6.07, 6.45) is -1.32. The number of amides is 2. The number of hydrogen-bond donors (Lipinski definition) is 0. The van der Waals surface area contributed by atoms with Crippen LogP contribution in [0.5, 0.6) is 0 Å². The standard InChI is InChI=1S/C26H23NO4/c1-18-25(21-15-9-4-10-16-21)31-26(30)27(18)23(28)17-22(19-11-5-2-6-12-19)24(29)20-13-7-3-8-14-20/h2-16,18,22,25H,17H2,1H3/t18-,22+,25-/m0/s1. The fraction of sp³-hybridized carbons (Fsp3) is 0.192. The minimum Gasteiger partial charge on any atom is -0.439 e. The van der Waals surface area contributed by atoms with E-state index in [1.165, 1.54) is 0 Å². The maximum absolute atomic E-state index is 13.3. The Morgan fingerprint density at radius 1 is 0.871 bits per heavy atom. The summed E-state index contributed by atoms with van der Waals surface area (Å²) in [5.41, 5.74) is 2.10. The Morgan fingerprint density at radius 3 is 2.03 bits per heavy atom. The maximum Gasteiger partial charge on any atom is 0.417 e. The molecule has 1 aliphatic rings. The van der Waals surface area contributed by atoms with Crippen LogP contribution in [0.1, 0.15) is 46.9 Å². The molecule has 0 radical (unpaired) electrons. The number of ketones is 1. The molecule has 1 heterocycles. The number of carbonyl (C=O) groups excluding carboxylic acids is 3. The minimum absolute atomic E-state index is 0.112. The third-order valence-corrected chi connectivity index (χ3v) is 5.62. The molecule has 2 amide bonds. The molecule has 0 unspecified atom stereocenters. The van der Waals surface area contributed by atoms with Gasteiger partial charge in [-0.05, 0) is 18.1 Å². The van der Waals surface area contributed by atoms with E-state index in [1.807, 2.05) is 66.7 Å². The first-order chi connectivity index (χ1) is 15.1. The second kappa shape index (κ2) is 8.96. The molecule has 5 heteroatoms. The zero-order valence-electron chi connectivity index (χ0n) is 17.2. The van der Waals surface area contributed by atoms with Crippen LogP contribution in [-0.4, -0.2) is 28.7 Å². The van der Waals surface area contributed by atoms with E-state index in [0.29, 0.717) is 5.56 Å². The first-order valence-electron chi connectivity index (χ1n) is 10.3. The van der Waals surface area contributed by atoms with Crippen molar-refractivity contribution in [1.82, 2.24) is 4.90 Å². The molecule has 31 heavy (non-hydrogen) atoms. The first-order valence-corrected chi connectivity index (χ1v) is 10.3. The number of ether oxygens (including phenoxy) is 1. The number of benzene rings is 3. The Labute approximate surface area is 181 Å². The molecule has 0 N–H and O–H groups in total. The zero-order valence-corrected chi connectivity index (χ0v) is 17.2. The minimum atomic E-state index is -0.688. The average Bonchev–Trinajstić information content (AvgIpc) is 3.12. The molecule has 1 aliphatic heterocycles. The molecule has 0 aromatic heterocycles. The quantitative estimate of drug-likeness (QED) is 0.524. The Hall–Kier alpha value is -3.73. The Balaban J connectivity index is 1.59. The van der Waals surface area contributed by atoms with Crippen LogP contribution in [0.3, 0.4) is 0 Å². The van der Waals surface area contributed by atoms with Crippen molar-refractivity contribution in [1.29, 1.82) is 0 Å². The van der Waals surface area contributed by atoms with Gasteiger partial charge in [-0.3, -0.25) is 9.59 Å². The van der Waals surface area contributed by atoms with Gasteiger partial charge in [0.05, 0.1) is 12.0 Å². The van der Waals surface area contributed by atoms with Gasteiger partial charge in [-0.2, -0.15) is 0 Å². The summed E-state index contributed by atoms with van der Waals surface area (Å²) in [7, 11) is 0. The van der Waals surface area contributed by atoms with Crippen molar-refractivity contribution in [3.8, 4) is 0 Å². The maximum atomic E-state index is 13.3. The summed E-state index contributed by atoms with van der Waals surface area (Å²) in [6.45, 7) is 1.79. The molecule has 0 bridgehead atoms. The predicted molar refractivity (Wildman–Crippen MR) is 117 cm³/mol. The molecule has 3 aromatic rings. The van der Waals surface area contributed by atoms with Crippen molar-refractivity contribution in [2.45, 2.75) is 31.4 Å². The lowest BCUT2D eigenvalue weighted by Crippen LogP contribution is -2.39. The second-order valence-corrected chi connectivity index (χ2v) is 7.62. The number of Topliss-reactive ketones (excluding diaryl/α,β-unsaturated/α-hetero) is 1. The van der Waals surface area contributed by atoms with Crippen LogP contribution < -0.4 is 0 Å². The highest BCUT2D eigenvalue weighted by Gasteiger charge is 2.44. The number of carbonyl (C=O) groups is 3. The van der Waals surface area contributed by atoms with Gasteiger partial charge in [0.1, 0.15) is 6.10 Å². The Bertz CT molecular complexity index is 1070. The van der Waals surface area contributed by atoms with Crippen LogP contribution in [-0.2, 0) is 9.53 Å². The number of rotatable bonds is 6. The summed E-state index contributed by atoms with van der Waals surface area (Å²) < 4.78 is 5.51. The lowest BCUT2D eigenvalue weighted by molar-refractivity contribution is -0.129. The van der Waals surface area contributed by atoms with Crippen molar-refractivity contribution < 1.29 is 19.1 Å². The second-order valence-electron chi connectivity index (χ2n) is 7.62. The van der Waals surface area contributed by atoms with E-state index in [1.54, 1.807) is 31.2 Å². The normalized spacial score (nSPS) is 19.0. The number of imide groups is 1. The summed E-state index contributed by atoms with van der Waals surface area (Å²) in [5, 5.41) is 0. The van der Waals surface area contributed by atoms with E-state index in [2.05, 4.69) is 0 Å². The van der Waals surface area contributed by atoms with Crippen LogP contribution in [0.2, 0.25) is 0 Å². The summed E-state index contributed by atoms with van der Waals surface area (Å²) in [6, 6.07) is 27.0. The molecule has 3 aromatic carbocycles. The van der Waals surface area contributed by atoms with Crippen LogP contribution >= 0.6 is 0 Å². The number of cyclic esters (lactones) is 1. The third-order valence-electron chi connectivity index (χ3n) is 5.62. The van der Waals surface area contributed by atoms with Gasteiger partial charge in [-0.15, -0.1) is 0 Å². The van der Waals surface area contributed by atoms with Crippen molar-refractivity contribution >= 4 is 17.8 Å². The van der Waals surface area contributed by atoms with Gasteiger partial charge in [0.25, 0.3) is 0 Å². The van der Waals surface area contributed by atoms with E-state index >= 15 is 0 Å². The van der Waals surface area contributed by atoms with Gasteiger partial charge in [0.2, 0.25) is 5.91 Å². The molecular weight excluding hydrogens is 390 g/mol. The molecular formula is C26H23NO4. The van der Waals surface area contributed by atoms with Crippen molar-refractivity contribution in [2.75, 3.05) is 0 Å². The van der Waals surface area contributed by atoms with Crippen molar-refractivity contribution in [2.24, 2.45) is 0 Å². The molecule has 0 aliphatic carbocycles. The molecule has 4 rings (SSSR count). The summed E-state index contributed by atoms with van der Waals surface area (Å²) in [4.78, 5) is 40.2. The van der Waals surface area contributed by atoms with E-state index in [0.717, 1.165) is 16.0 Å². The highest BCUT2D eigenvalue weighted by molar-refractivity contribution is 6.04. The molecule has 1 fully saturated rings. The van der Waals surface area contributed by atoms with Crippen molar-refractivity contribution in [3.05, 3.63) is 108 Å². The van der Waals surface area contributed by atoms with Crippen LogP contribution in [0.15, 0.2) is 91.0 Å². The van der Waals surface area contributed by atoms with Gasteiger partial charge < -0.3 is 4.74 Å². The van der Waals surface area contributed by atoms with E-state index in [-0.39, 0.29) is 12.2 Å². The highest BCUT2D eigenvalue weighted by atomic mass is 16.6. The highest BCUT2D eigenvalue weighted by Crippen LogP contribution is 2.34. The number of hydrogen-bond acceptors (Lipinski definition) is 4. The molecule has 156 valence electrons. The third kappa shape index (κ3) is 4.26. The van der Waals surface area contributed by atoms with E-state index in [9.17, 15) is 14.4 Å². The fourth-order valence-electron chi connectivity index (χ4n) is 4.01. The number of nitrogens with zero attached hydrogens (tertiary/aromatic N) is 1. The zero-order chi connectivity index (χ0) is 21.8. The first kappa shape index (κ1) is 20.5. The summed E-state index contributed by atoms with van der Waals surface area (Å²) >= 11 is 0. The van der Waals surface area contributed by atoms with Crippen LogP contribution in [0, 0.1) is 0 Å². The van der Waals surface area contributed by atoms with Gasteiger partial charge in [0, 0.05) is 12.0 Å². The molecule has 0 spiro atoms.